The summed E-state index contributed by atoms with van der Waals surface area (Å²) < 4.78 is 18.4. The van der Waals surface area contributed by atoms with Gasteiger partial charge in [0.05, 0.1) is 11.1 Å². The summed E-state index contributed by atoms with van der Waals surface area (Å²) in [5, 5.41) is 0.725. The third kappa shape index (κ3) is 3.89. The van der Waals surface area contributed by atoms with E-state index in [4.69, 9.17) is 9.72 Å². The smallest absolute Gasteiger partial charge is 0.339 e. The summed E-state index contributed by atoms with van der Waals surface area (Å²) in [6.45, 7) is 4.09. The number of carbonyl (C=O) groups is 2. The highest BCUT2D eigenvalue weighted by Crippen LogP contribution is 2.28. The molecule has 0 fully saturated rings. The molecule has 0 saturated heterocycles. The van der Waals surface area contributed by atoms with Crippen LogP contribution >= 0.6 is 0 Å². The van der Waals surface area contributed by atoms with Crippen molar-refractivity contribution in [3.8, 4) is 0 Å². The van der Waals surface area contributed by atoms with Crippen molar-refractivity contribution in [3.63, 3.8) is 0 Å². The first-order valence-electron chi connectivity index (χ1n) is 9.65. The molecule has 29 heavy (non-hydrogen) atoms. The lowest BCUT2D eigenvalue weighted by atomic mass is 9.96. The average molecular weight is 392 g/mol. The molecular weight excluding hydrogens is 371 g/mol. The molecule has 1 aromatic heterocycles. The number of hydrogen-bond donors (Lipinski definition) is 0. The fourth-order valence-electron chi connectivity index (χ4n) is 3.67. The monoisotopic (exact) mass is 392 g/mol. The van der Waals surface area contributed by atoms with Crippen LogP contribution in [0.5, 0.6) is 0 Å². The van der Waals surface area contributed by atoms with Crippen LogP contribution in [0.4, 0.5) is 4.39 Å². The van der Waals surface area contributed by atoms with Crippen molar-refractivity contribution in [1.82, 2.24) is 9.88 Å². The van der Waals surface area contributed by atoms with Gasteiger partial charge < -0.3 is 4.74 Å². The molecular formula is C23H21FN2O3. The van der Waals surface area contributed by atoms with Gasteiger partial charge in [0, 0.05) is 41.7 Å². The number of pyridine rings is 1. The largest absolute Gasteiger partial charge is 0.454 e. The van der Waals surface area contributed by atoms with Crippen LogP contribution in [0.1, 0.15) is 38.9 Å². The zero-order valence-corrected chi connectivity index (χ0v) is 16.2. The van der Waals surface area contributed by atoms with Crippen molar-refractivity contribution in [1.29, 1.82) is 0 Å². The maximum atomic E-state index is 13.0. The zero-order chi connectivity index (χ0) is 20.4. The van der Waals surface area contributed by atoms with Gasteiger partial charge in [0.1, 0.15) is 5.82 Å². The molecule has 3 aromatic rings. The van der Waals surface area contributed by atoms with E-state index in [-0.39, 0.29) is 5.78 Å². The van der Waals surface area contributed by atoms with E-state index >= 15 is 0 Å². The Kier molecular flexibility index (Phi) is 5.36. The lowest BCUT2D eigenvalue weighted by molar-refractivity contribution is 0.0474. The van der Waals surface area contributed by atoms with Gasteiger partial charge in [0.25, 0.3) is 0 Å². The number of hydrogen-bond acceptors (Lipinski definition) is 5. The summed E-state index contributed by atoms with van der Waals surface area (Å²) in [4.78, 5) is 32.3. The van der Waals surface area contributed by atoms with Crippen LogP contribution in [0.25, 0.3) is 10.9 Å². The van der Waals surface area contributed by atoms with Crippen LogP contribution in [0.15, 0.2) is 48.5 Å². The molecule has 5 nitrogen and oxygen atoms in total. The molecule has 0 bridgehead atoms. The molecule has 0 spiro atoms. The van der Waals surface area contributed by atoms with Gasteiger partial charge in [-0.15, -0.1) is 0 Å². The first-order valence-corrected chi connectivity index (χ1v) is 9.65. The highest BCUT2D eigenvalue weighted by Gasteiger charge is 2.26. The van der Waals surface area contributed by atoms with Gasteiger partial charge in [-0.05, 0) is 36.9 Å². The summed E-state index contributed by atoms with van der Waals surface area (Å²) in [7, 11) is 0. The van der Waals surface area contributed by atoms with Crippen LogP contribution < -0.4 is 0 Å². The third-order valence-electron chi connectivity index (χ3n) is 5.28. The quantitative estimate of drug-likeness (QED) is 0.488. The number of likely N-dealkylation sites (N-methyl/N-ethyl adjacent to an activating group) is 1. The lowest BCUT2D eigenvalue weighted by Crippen LogP contribution is -2.32. The normalized spacial score (nSPS) is 13.9. The summed E-state index contributed by atoms with van der Waals surface area (Å²) in [6.07, 6.45) is 0.767. The Morgan fingerprint density at radius 3 is 2.66 bits per heavy atom. The molecule has 0 atom stereocenters. The average Bonchev–Trinajstić information content (AvgIpc) is 2.75. The van der Waals surface area contributed by atoms with Gasteiger partial charge >= 0.3 is 5.97 Å². The summed E-state index contributed by atoms with van der Waals surface area (Å²) in [5.41, 5.74) is 3.31. The van der Waals surface area contributed by atoms with Crippen molar-refractivity contribution in [2.24, 2.45) is 0 Å². The molecule has 2 aromatic carbocycles. The number of ketones is 1. The van der Waals surface area contributed by atoms with Crippen molar-refractivity contribution < 1.29 is 18.7 Å². The van der Waals surface area contributed by atoms with Crippen molar-refractivity contribution in [2.75, 3.05) is 19.7 Å². The van der Waals surface area contributed by atoms with Gasteiger partial charge in [-0.2, -0.15) is 0 Å². The molecule has 0 radical (unpaired) electrons. The van der Waals surface area contributed by atoms with E-state index in [9.17, 15) is 14.0 Å². The number of benzene rings is 2. The number of aromatic nitrogens is 1. The summed E-state index contributed by atoms with van der Waals surface area (Å²) >= 11 is 0. The molecule has 0 unspecified atom stereocenters. The van der Waals surface area contributed by atoms with Crippen LogP contribution in [-0.4, -0.2) is 41.3 Å². The number of rotatable bonds is 5. The van der Waals surface area contributed by atoms with E-state index in [0.717, 1.165) is 41.7 Å². The zero-order valence-electron chi connectivity index (χ0n) is 16.2. The second-order valence-electron chi connectivity index (χ2n) is 7.05. The highest BCUT2D eigenvalue weighted by molar-refractivity contribution is 6.06. The van der Waals surface area contributed by atoms with E-state index in [0.29, 0.717) is 17.7 Å². The molecule has 0 aliphatic carbocycles. The maximum absolute atomic E-state index is 13.0. The van der Waals surface area contributed by atoms with Crippen molar-refractivity contribution >= 4 is 22.7 Å². The van der Waals surface area contributed by atoms with Gasteiger partial charge in [-0.3, -0.25) is 14.7 Å². The number of nitrogens with zero attached hydrogens (tertiary/aromatic N) is 2. The fraction of sp³-hybridized carbons (Fsp3) is 0.261. The number of esters is 1. The summed E-state index contributed by atoms with van der Waals surface area (Å²) in [6, 6.07) is 12.7. The van der Waals surface area contributed by atoms with E-state index in [1.54, 1.807) is 0 Å². The van der Waals surface area contributed by atoms with Gasteiger partial charge in [0.2, 0.25) is 0 Å². The molecule has 1 aliphatic rings. The van der Waals surface area contributed by atoms with Crippen molar-refractivity contribution in [3.05, 3.63) is 76.7 Å². The Hall–Kier alpha value is -3.12. The summed E-state index contributed by atoms with van der Waals surface area (Å²) in [5.74, 6) is -1.33. The lowest BCUT2D eigenvalue weighted by Gasteiger charge is -2.28. The Labute approximate surface area is 168 Å². The Morgan fingerprint density at radius 1 is 1.14 bits per heavy atom. The van der Waals surface area contributed by atoms with E-state index in [1.165, 1.54) is 24.3 Å². The topological polar surface area (TPSA) is 59.5 Å². The Balaban J connectivity index is 1.64. The predicted molar refractivity (Wildman–Crippen MR) is 107 cm³/mol. The number of halogens is 1. The second kappa shape index (κ2) is 8.09. The minimum absolute atomic E-state index is 0.304. The number of para-hydroxylation sites is 1. The van der Waals surface area contributed by atoms with Gasteiger partial charge in [0.15, 0.2) is 12.4 Å². The Morgan fingerprint density at radius 2 is 1.90 bits per heavy atom. The fourth-order valence-corrected chi connectivity index (χ4v) is 3.67. The number of fused-ring (bicyclic) bond motifs is 2. The van der Waals surface area contributed by atoms with Crippen LogP contribution in [0.3, 0.4) is 0 Å². The number of carbonyl (C=O) groups excluding carboxylic acids is 2. The maximum Gasteiger partial charge on any atom is 0.339 e. The molecule has 0 amide bonds. The standard InChI is InChI=1S/C23H21FN2O3/c1-2-26-12-11-20-18(13-26)22(17-5-3-4-6-19(17)25-20)23(28)29-14-21(27)15-7-9-16(24)10-8-15/h3-10H,2,11-14H2,1H3. The number of ether oxygens (including phenoxy) is 1. The van der Waals surface area contributed by atoms with Gasteiger partial charge in [-0.25, -0.2) is 9.18 Å². The molecule has 6 heteroatoms. The second-order valence-corrected chi connectivity index (χ2v) is 7.05. The third-order valence-corrected chi connectivity index (χ3v) is 5.28. The minimum Gasteiger partial charge on any atom is -0.454 e. The highest BCUT2D eigenvalue weighted by atomic mass is 19.1. The van der Waals surface area contributed by atoms with Crippen LogP contribution in [0.2, 0.25) is 0 Å². The number of Topliss-reactive ketones (excluding diaryl/α,β-unsaturated/α-hetero) is 1. The first kappa shape index (κ1) is 19.2. The molecule has 1 aliphatic heterocycles. The minimum atomic E-state index is -0.534. The molecule has 0 saturated carbocycles. The van der Waals surface area contributed by atoms with Gasteiger partial charge in [-0.1, -0.05) is 25.1 Å². The Bertz CT molecular complexity index is 1080. The molecule has 148 valence electrons. The van der Waals surface area contributed by atoms with E-state index in [1.807, 2.05) is 24.3 Å². The predicted octanol–water partition coefficient (Wildman–Crippen LogP) is 3.79. The molecule has 4 rings (SSSR count). The SMILES string of the molecule is CCN1CCc2nc3ccccc3c(C(=O)OCC(=O)c3ccc(F)cc3)c2C1. The van der Waals surface area contributed by atoms with Crippen molar-refractivity contribution in [2.45, 2.75) is 19.9 Å². The molecule has 0 N–H and O–H groups in total. The van der Waals surface area contributed by atoms with E-state index < -0.39 is 18.4 Å². The van der Waals surface area contributed by atoms with Crippen LogP contribution in [0, 0.1) is 5.82 Å². The molecule has 2 heterocycles. The van der Waals surface area contributed by atoms with E-state index in [2.05, 4.69) is 11.8 Å². The van der Waals surface area contributed by atoms with Crippen LogP contribution in [-0.2, 0) is 17.7 Å². The first-order chi connectivity index (χ1) is 14.1.